The van der Waals surface area contributed by atoms with Crippen LogP contribution in [0.5, 0.6) is 0 Å². The van der Waals surface area contributed by atoms with E-state index in [1.54, 1.807) is 11.3 Å². The number of hydrogen-bond acceptors (Lipinski definition) is 5. The van der Waals surface area contributed by atoms with Gasteiger partial charge in [-0.2, -0.15) is 0 Å². The molecule has 1 atom stereocenters. The van der Waals surface area contributed by atoms with Crippen LogP contribution in [0.25, 0.3) is 0 Å². The average molecular weight is 316 g/mol. The van der Waals surface area contributed by atoms with Crippen molar-refractivity contribution >= 4 is 17.2 Å². The molecular formula is C17H24N4S. The zero-order valence-corrected chi connectivity index (χ0v) is 14.4. The Hall–Kier alpha value is -1.46. The number of pyridine rings is 1. The summed E-state index contributed by atoms with van der Waals surface area (Å²) < 4.78 is 0. The van der Waals surface area contributed by atoms with E-state index in [2.05, 4.69) is 44.2 Å². The van der Waals surface area contributed by atoms with Crippen molar-refractivity contribution in [2.45, 2.75) is 32.2 Å². The van der Waals surface area contributed by atoms with Gasteiger partial charge < -0.3 is 4.90 Å². The van der Waals surface area contributed by atoms with Crippen molar-refractivity contribution < 1.29 is 0 Å². The molecule has 22 heavy (non-hydrogen) atoms. The molecule has 1 saturated heterocycles. The van der Waals surface area contributed by atoms with E-state index in [0.29, 0.717) is 5.92 Å². The Balaban J connectivity index is 1.68. The van der Waals surface area contributed by atoms with Gasteiger partial charge in [-0.1, -0.05) is 0 Å². The van der Waals surface area contributed by atoms with Gasteiger partial charge in [-0.3, -0.25) is 4.90 Å². The van der Waals surface area contributed by atoms with E-state index >= 15 is 0 Å². The van der Waals surface area contributed by atoms with Gasteiger partial charge >= 0.3 is 0 Å². The number of thiazole rings is 1. The Morgan fingerprint density at radius 3 is 3.00 bits per heavy atom. The maximum atomic E-state index is 4.60. The standard InChI is InChI=1S/C17H24N4S/c1-13-19-16(12-22-13)11-21-8-4-5-15(10-21)14-6-7-18-17(9-14)20(2)3/h6-7,9,12,15H,4-5,8,10-11H2,1-3H3/t15-/m1/s1. The fraction of sp³-hybridized carbons (Fsp3) is 0.529. The molecule has 0 unspecified atom stereocenters. The molecule has 3 heterocycles. The van der Waals surface area contributed by atoms with Crippen LogP contribution in [0.1, 0.15) is 35.0 Å². The largest absolute Gasteiger partial charge is 0.363 e. The number of piperidine rings is 1. The quantitative estimate of drug-likeness (QED) is 0.866. The van der Waals surface area contributed by atoms with Crippen LogP contribution in [-0.4, -0.2) is 42.1 Å². The molecule has 1 aliphatic rings. The summed E-state index contributed by atoms with van der Waals surface area (Å²) in [5.41, 5.74) is 2.63. The Morgan fingerprint density at radius 2 is 2.27 bits per heavy atom. The first-order valence-electron chi connectivity index (χ1n) is 7.88. The summed E-state index contributed by atoms with van der Waals surface area (Å²) in [7, 11) is 4.09. The first-order valence-corrected chi connectivity index (χ1v) is 8.76. The topological polar surface area (TPSA) is 32.3 Å². The second kappa shape index (κ2) is 6.75. The monoisotopic (exact) mass is 316 g/mol. The summed E-state index contributed by atoms with van der Waals surface area (Å²) in [6.07, 6.45) is 4.46. The fourth-order valence-electron chi connectivity index (χ4n) is 3.11. The third-order valence-electron chi connectivity index (χ3n) is 4.26. The predicted molar refractivity (Wildman–Crippen MR) is 92.7 cm³/mol. The number of rotatable bonds is 4. The van der Waals surface area contributed by atoms with Gasteiger partial charge in [0.25, 0.3) is 0 Å². The first-order chi connectivity index (χ1) is 10.6. The molecule has 2 aromatic rings. The molecule has 0 saturated carbocycles. The molecule has 5 heteroatoms. The number of aryl methyl sites for hydroxylation is 1. The minimum Gasteiger partial charge on any atom is -0.363 e. The molecule has 1 aliphatic heterocycles. The van der Waals surface area contributed by atoms with Crippen molar-refractivity contribution in [1.29, 1.82) is 0 Å². The Labute approximate surface area is 136 Å². The molecule has 0 spiro atoms. The van der Waals surface area contributed by atoms with E-state index in [9.17, 15) is 0 Å². The summed E-state index contributed by atoms with van der Waals surface area (Å²) in [6, 6.07) is 4.41. The van der Waals surface area contributed by atoms with Gasteiger partial charge in [0.15, 0.2) is 0 Å². The minimum atomic E-state index is 0.607. The van der Waals surface area contributed by atoms with Crippen LogP contribution in [0.4, 0.5) is 5.82 Å². The molecule has 0 bridgehead atoms. The Morgan fingerprint density at radius 1 is 1.41 bits per heavy atom. The van der Waals surface area contributed by atoms with Crippen molar-refractivity contribution in [3.8, 4) is 0 Å². The molecular weight excluding hydrogens is 292 g/mol. The lowest BCUT2D eigenvalue weighted by atomic mass is 9.91. The molecule has 118 valence electrons. The molecule has 0 aromatic carbocycles. The van der Waals surface area contributed by atoms with E-state index in [1.807, 2.05) is 20.3 Å². The number of aromatic nitrogens is 2. The zero-order chi connectivity index (χ0) is 15.5. The molecule has 0 N–H and O–H groups in total. The molecule has 0 amide bonds. The van der Waals surface area contributed by atoms with Crippen molar-refractivity contribution in [3.63, 3.8) is 0 Å². The highest BCUT2D eigenvalue weighted by Gasteiger charge is 2.22. The zero-order valence-electron chi connectivity index (χ0n) is 13.6. The average Bonchev–Trinajstić information content (AvgIpc) is 2.93. The van der Waals surface area contributed by atoms with Crippen molar-refractivity contribution in [2.75, 3.05) is 32.1 Å². The molecule has 4 nitrogen and oxygen atoms in total. The third kappa shape index (κ3) is 3.65. The molecule has 3 rings (SSSR count). The predicted octanol–water partition coefficient (Wildman–Crippen LogP) is 3.29. The first kappa shape index (κ1) is 15.4. The highest BCUT2D eigenvalue weighted by molar-refractivity contribution is 7.09. The summed E-state index contributed by atoms with van der Waals surface area (Å²) in [4.78, 5) is 13.6. The fourth-order valence-corrected chi connectivity index (χ4v) is 3.72. The van der Waals surface area contributed by atoms with Crippen molar-refractivity contribution in [1.82, 2.24) is 14.9 Å². The number of anilines is 1. The Bertz CT molecular complexity index is 623. The SMILES string of the molecule is Cc1nc(CN2CCC[C@@H](c3ccnc(N(C)C)c3)C2)cs1. The summed E-state index contributed by atoms with van der Waals surface area (Å²) >= 11 is 1.74. The van der Waals surface area contributed by atoms with E-state index in [4.69, 9.17) is 0 Å². The third-order valence-corrected chi connectivity index (χ3v) is 5.08. The lowest BCUT2D eigenvalue weighted by molar-refractivity contribution is 0.198. The highest BCUT2D eigenvalue weighted by atomic mass is 32.1. The number of likely N-dealkylation sites (tertiary alicyclic amines) is 1. The lowest BCUT2D eigenvalue weighted by Gasteiger charge is -2.32. The van der Waals surface area contributed by atoms with E-state index in [0.717, 1.165) is 23.9 Å². The van der Waals surface area contributed by atoms with Gasteiger partial charge in [-0.25, -0.2) is 9.97 Å². The van der Waals surface area contributed by atoms with Crippen molar-refractivity contribution in [2.24, 2.45) is 0 Å². The lowest BCUT2D eigenvalue weighted by Crippen LogP contribution is -2.34. The maximum absolute atomic E-state index is 4.60. The summed E-state index contributed by atoms with van der Waals surface area (Å²) in [6.45, 7) is 5.35. The van der Waals surface area contributed by atoms with Crippen LogP contribution < -0.4 is 4.90 Å². The second-order valence-electron chi connectivity index (χ2n) is 6.27. The van der Waals surface area contributed by atoms with E-state index in [-0.39, 0.29) is 0 Å². The minimum absolute atomic E-state index is 0.607. The highest BCUT2D eigenvalue weighted by Crippen LogP contribution is 2.29. The smallest absolute Gasteiger partial charge is 0.128 e. The van der Waals surface area contributed by atoms with Gasteiger partial charge in [0.1, 0.15) is 5.82 Å². The van der Waals surface area contributed by atoms with Crippen LogP contribution in [0, 0.1) is 6.92 Å². The number of nitrogens with zero attached hydrogens (tertiary/aromatic N) is 4. The van der Waals surface area contributed by atoms with Crippen LogP contribution in [0.2, 0.25) is 0 Å². The van der Waals surface area contributed by atoms with Crippen molar-refractivity contribution in [3.05, 3.63) is 40.0 Å². The van der Waals surface area contributed by atoms with Gasteiger partial charge in [0.05, 0.1) is 10.7 Å². The van der Waals surface area contributed by atoms with Crippen LogP contribution >= 0.6 is 11.3 Å². The van der Waals surface area contributed by atoms with Gasteiger partial charge in [0, 0.05) is 38.8 Å². The van der Waals surface area contributed by atoms with Gasteiger partial charge in [-0.05, 0) is 49.9 Å². The maximum Gasteiger partial charge on any atom is 0.128 e. The molecule has 0 radical (unpaired) electrons. The number of hydrogen-bond donors (Lipinski definition) is 0. The normalized spacial score (nSPS) is 19.3. The van der Waals surface area contributed by atoms with Crippen LogP contribution in [0.3, 0.4) is 0 Å². The van der Waals surface area contributed by atoms with Gasteiger partial charge in [0.2, 0.25) is 0 Å². The van der Waals surface area contributed by atoms with Gasteiger partial charge in [-0.15, -0.1) is 11.3 Å². The second-order valence-corrected chi connectivity index (χ2v) is 7.34. The van der Waals surface area contributed by atoms with E-state index in [1.165, 1.54) is 30.6 Å². The Kier molecular flexibility index (Phi) is 4.74. The van der Waals surface area contributed by atoms with E-state index < -0.39 is 0 Å². The summed E-state index contributed by atoms with van der Waals surface area (Å²) in [5.74, 6) is 1.65. The van der Waals surface area contributed by atoms with Crippen LogP contribution in [-0.2, 0) is 6.54 Å². The summed E-state index contributed by atoms with van der Waals surface area (Å²) in [5, 5.41) is 3.35. The molecule has 0 aliphatic carbocycles. The molecule has 1 fully saturated rings. The molecule has 2 aromatic heterocycles. The van der Waals surface area contributed by atoms with Crippen LogP contribution in [0.15, 0.2) is 23.7 Å².